The molecule has 4 atom stereocenters. The molecule has 0 aromatic heterocycles. The highest BCUT2D eigenvalue weighted by atomic mass is 16.5. The van der Waals surface area contributed by atoms with Crippen LogP contribution in [0.2, 0.25) is 5.31 Å². The van der Waals surface area contributed by atoms with Crippen LogP contribution in [0.15, 0.2) is 0 Å². The molecule has 0 N–H and O–H groups in total. The summed E-state index contributed by atoms with van der Waals surface area (Å²) < 4.78 is 6.28. The first-order valence-corrected chi connectivity index (χ1v) is 7.47. The number of hydrogen-bond donors (Lipinski definition) is 0. The Morgan fingerprint density at radius 3 is 2.53 bits per heavy atom. The molecule has 1 nitrogen and oxygen atoms in total. The Balaban J connectivity index is 2.52. The molecule has 0 saturated heterocycles. The van der Waals surface area contributed by atoms with E-state index in [4.69, 9.17) is 4.74 Å². The molecule has 1 aliphatic rings. The van der Waals surface area contributed by atoms with Gasteiger partial charge in [-0.15, -0.1) is 0 Å². The third kappa shape index (κ3) is 4.65. The second kappa shape index (κ2) is 6.27. The second-order valence-electron chi connectivity index (χ2n) is 7.19. The van der Waals surface area contributed by atoms with Crippen molar-refractivity contribution in [3.8, 4) is 0 Å². The second-order valence-corrected chi connectivity index (χ2v) is 7.19. The highest BCUT2D eigenvalue weighted by molar-refractivity contribution is 6.14. The molecule has 1 fully saturated rings. The molecule has 0 spiro atoms. The lowest BCUT2D eigenvalue weighted by Crippen LogP contribution is -2.36. The maximum Gasteiger partial charge on any atom is 0.112 e. The van der Waals surface area contributed by atoms with Crippen LogP contribution in [0, 0.1) is 17.8 Å². The molecule has 1 aliphatic carbocycles. The van der Waals surface area contributed by atoms with Crippen LogP contribution in [0.5, 0.6) is 0 Å². The first kappa shape index (κ1) is 15.1. The van der Waals surface area contributed by atoms with E-state index in [1.54, 1.807) is 0 Å². The Kier molecular flexibility index (Phi) is 5.56. The summed E-state index contributed by atoms with van der Waals surface area (Å²) in [5.74, 6) is 2.39. The summed E-state index contributed by atoms with van der Waals surface area (Å²) in [6, 6.07) is 0. The molecule has 0 amide bonds. The molecule has 0 bridgehead atoms. The molecular formula is C15H31BO. The molecule has 0 heterocycles. The third-order valence-corrected chi connectivity index (χ3v) is 4.61. The molecule has 2 heteroatoms. The van der Waals surface area contributed by atoms with Crippen LogP contribution < -0.4 is 0 Å². The highest BCUT2D eigenvalue weighted by Gasteiger charge is 2.32. The Labute approximate surface area is 109 Å². The smallest absolute Gasteiger partial charge is 0.112 e. The molecule has 4 unspecified atom stereocenters. The van der Waals surface area contributed by atoms with Gasteiger partial charge in [-0.1, -0.05) is 47.5 Å². The van der Waals surface area contributed by atoms with Gasteiger partial charge in [0.25, 0.3) is 0 Å². The molecule has 0 radical (unpaired) electrons. The van der Waals surface area contributed by atoms with Crippen molar-refractivity contribution in [2.24, 2.45) is 17.8 Å². The third-order valence-electron chi connectivity index (χ3n) is 4.61. The van der Waals surface area contributed by atoms with Crippen LogP contribution >= 0.6 is 0 Å². The van der Waals surface area contributed by atoms with Gasteiger partial charge >= 0.3 is 0 Å². The molecule has 17 heavy (non-hydrogen) atoms. The number of rotatable bonds is 5. The summed E-state index contributed by atoms with van der Waals surface area (Å²) in [6.45, 7) is 12.6. The lowest BCUT2D eigenvalue weighted by Gasteiger charge is -2.38. The molecule has 0 aromatic rings. The Morgan fingerprint density at radius 1 is 1.35 bits per heavy atom. The average molecular weight is 238 g/mol. The van der Waals surface area contributed by atoms with Crippen LogP contribution in [0.25, 0.3) is 0 Å². The van der Waals surface area contributed by atoms with E-state index in [1.165, 1.54) is 25.7 Å². The lowest BCUT2D eigenvalue weighted by molar-refractivity contribution is -0.0472. The Bertz CT molecular complexity index is 225. The summed E-state index contributed by atoms with van der Waals surface area (Å²) in [5, 5.41) is 0.336. The summed E-state index contributed by atoms with van der Waals surface area (Å²) in [5.41, 5.74) is 0. The van der Waals surface area contributed by atoms with Crippen molar-refractivity contribution in [1.82, 2.24) is 0 Å². The topological polar surface area (TPSA) is 9.23 Å². The van der Waals surface area contributed by atoms with E-state index in [2.05, 4.69) is 42.5 Å². The van der Waals surface area contributed by atoms with Crippen LogP contribution in [0.4, 0.5) is 0 Å². The van der Waals surface area contributed by atoms with Crippen molar-refractivity contribution < 1.29 is 4.74 Å². The van der Waals surface area contributed by atoms with E-state index >= 15 is 0 Å². The van der Waals surface area contributed by atoms with Crippen molar-refractivity contribution in [2.75, 3.05) is 6.61 Å². The number of hydrogen-bond acceptors (Lipinski definition) is 1. The van der Waals surface area contributed by atoms with Gasteiger partial charge < -0.3 is 4.74 Å². The van der Waals surface area contributed by atoms with Crippen molar-refractivity contribution in [1.29, 1.82) is 0 Å². The number of ether oxygens (including phenoxy) is 1. The fraction of sp³-hybridized carbons (Fsp3) is 1.00. The van der Waals surface area contributed by atoms with E-state index in [0.717, 1.165) is 24.4 Å². The van der Waals surface area contributed by atoms with E-state index in [9.17, 15) is 0 Å². The van der Waals surface area contributed by atoms with Gasteiger partial charge in [-0.2, -0.15) is 0 Å². The fourth-order valence-corrected chi connectivity index (χ4v) is 2.74. The first-order valence-electron chi connectivity index (χ1n) is 7.47. The van der Waals surface area contributed by atoms with Crippen LogP contribution in [0.3, 0.4) is 0 Å². The summed E-state index contributed by atoms with van der Waals surface area (Å²) in [4.78, 5) is 0. The predicted octanol–water partition coefficient (Wildman–Crippen LogP) is 3.69. The van der Waals surface area contributed by atoms with E-state index in [1.807, 2.05) is 0 Å². The average Bonchev–Trinajstić information content (AvgIpc) is 2.26. The Morgan fingerprint density at radius 2 is 2.00 bits per heavy atom. The van der Waals surface area contributed by atoms with E-state index < -0.39 is 0 Å². The Hall–Kier alpha value is 0.0249. The molecule has 0 aromatic carbocycles. The van der Waals surface area contributed by atoms with Gasteiger partial charge in [-0.25, -0.2) is 0 Å². The summed E-state index contributed by atoms with van der Waals surface area (Å²) in [7, 11) is 2.31. The zero-order valence-corrected chi connectivity index (χ0v) is 12.8. The van der Waals surface area contributed by atoms with Crippen molar-refractivity contribution in [2.45, 2.75) is 71.7 Å². The monoisotopic (exact) mass is 238 g/mol. The molecular weight excluding hydrogens is 207 g/mol. The maximum absolute atomic E-state index is 6.28. The minimum atomic E-state index is 0.336. The highest BCUT2D eigenvalue weighted by Crippen LogP contribution is 2.37. The molecule has 100 valence electrons. The van der Waals surface area contributed by atoms with Gasteiger partial charge in [0.1, 0.15) is 7.85 Å². The molecule has 1 rings (SSSR count). The lowest BCUT2D eigenvalue weighted by atomic mass is 9.69. The zero-order chi connectivity index (χ0) is 13.1. The zero-order valence-electron chi connectivity index (χ0n) is 12.8. The standard InChI is InChI=1S/C15H31BO/c1-6-15(5,16)10-17-14-9-12(4)7-8-13(14)11(2)3/h11-14H,6-10,16H2,1-5H3. The maximum atomic E-state index is 6.28. The fourth-order valence-electron chi connectivity index (χ4n) is 2.74. The largest absolute Gasteiger partial charge is 0.378 e. The van der Waals surface area contributed by atoms with Crippen molar-refractivity contribution in [3.05, 3.63) is 0 Å². The summed E-state index contributed by atoms with van der Waals surface area (Å²) in [6.07, 6.45) is 5.71. The van der Waals surface area contributed by atoms with Crippen LogP contribution in [-0.2, 0) is 4.74 Å². The van der Waals surface area contributed by atoms with Crippen LogP contribution in [0.1, 0.15) is 60.3 Å². The summed E-state index contributed by atoms with van der Waals surface area (Å²) >= 11 is 0. The van der Waals surface area contributed by atoms with E-state index in [0.29, 0.717) is 11.4 Å². The normalized spacial score (nSPS) is 33.6. The van der Waals surface area contributed by atoms with Gasteiger partial charge in [0.05, 0.1) is 6.10 Å². The minimum absolute atomic E-state index is 0.336. The van der Waals surface area contributed by atoms with Gasteiger partial charge in [0.15, 0.2) is 0 Å². The quantitative estimate of drug-likeness (QED) is 0.664. The van der Waals surface area contributed by atoms with Gasteiger partial charge in [0.2, 0.25) is 0 Å². The van der Waals surface area contributed by atoms with Crippen molar-refractivity contribution in [3.63, 3.8) is 0 Å². The van der Waals surface area contributed by atoms with Gasteiger partial charge in [-0.3, -0.25) is 0 Å². The van der Waals surface area contributed by atoms with Gasteiger partial charge in [0, 0.05) is 6.61 Å². The van der Waals surface area contributed by atoms with Gasteiger partial charge in [-0.05, 0) is 35.9 Å². The SMILES string of the molecule is BC(C)(CC)COC1CC(C)CCC1C(C)C. The minimum Gasteiger partial charge on any atom is -0.378 e. The first-order chi connectivity index (χ1) is 7.85. The van der Waals surface area contributed by atoms with Crippen molar-refractivity contribution >= 4 is 7.85 Å². The predicted molar refractivity (Wildman–Crippen MR) is 78.3 cm³/mol. The van der Waals surface area contributed by atoms with E-state index in [-0.39, 0.29) is 0 Å². The van der Waals surface area contributed by atoms with Crippen LogP contribution in [-0.4, -0.2) is 20.6 Å². The molecule has 0 aliphatic heterocycles. The molecule has 1 saturated carbocycles.